The van der Waals surface area contributed by atoms with Gasteiger partial charge in [-0.1, -0.05) is 48.5 Å². The van der Waals surface area contributed by atoms with Crippen LogP contribution in [0, 0.1) is 5.92 Å². The number of amides is 1. The van der Waals surface area contributed by atoms with Crippen molar-refractivity contribution < 1.29 is 9.53 Å². The molecule has 1 amide bonds. The predicted molar refractivity (Wildman–Crippen MR) is 103 cm³/mol. The zero-order valence-electron chi connectivity index (χ0n) is 14.8. The predicted octanol–water partition coefficient (Wildman–Crippen LogP) is 2.71. The number of nitrogen functional groups attached to an aromatic ring is 1. The molecule has 0 aliphatic carbocycles. The first-order valence-corrected chi connectivity index (χ1v) is 8.87. The maximum atomic E-state index is 12.8. The van der Waals surface area contributed by atoms with E-state index < -0.39 is 0 Å². The van der Waals surface area contributed by atoms with E-state index in [2.05, 4.69) is 21.4 Å². The van der Waals surface area contributed by atoms with Gasteiger partial charge in [-0.05, 0) is 18.1 Å². The van der Waals surface area contributed by atoms with Crippen molar-refractivity contribution in [3.63, 3.8) is 0 Å². The average molecular weight is 360 g/mol. The van der Waals surface area contributed by atoms with Crippen LogP contribution < -0.4 is 15.8 Å². The van der Waals surface area contributed by atoms with Gasteiger partial charge in [0.15, 0.2) is 0 Å². The molecule has 1 aliphatic rings. The minimum absolute atomic E-state index is 0.141. The van der Waals surface area contributed by atoms with Gasteiger partial charge in [0.1, 0.15) is 5.75 Å². The van der Waals surface area contributed by atoms with Gasteiger partial charge in [0.2, 0.25) is 5.95 Å². The van der Waals surface area contributed by atoms with Gasteiger partial charge >= 0.3 is 0 Å². The number of anilines is 1. The molecule has 27 heavy (non-hydrogen) atoms. The number of fused-ring (bicyclic) bond motifs is 1. The van der Waals surface area contributed by atoms with E-state index in [1.54, 1.807) is 0 Å². The van der Waals surface area contributed by atoms with Crippen LogP contribution in [-0.2, 0) is 6.42 Å². The van der Waals surface area contributed by atoms with Gasteiger partial charge in [0.25, 0.3) is 5.91 Å². The molecule has 2 aromatic carbocycles. The number of ether oxygens (including phenoxy) is 1. The van der Waals surface area contributed by atoms with Gasteiger partial charge in [-0.3, -0.25) is 4.79 Å². The quantitative estimate of drug-likeness (QED) is 0.747. The summed E-state index contributed by atoms with van der Waals surface area (Å²) in [5.41, 5.74) is 8.67. The summed E-state index contributed by atoms with van der Waals surface area (Å²) in [6.45, 7) is 1.10. The van der Waals surface area contributed by atoms with Crippen molar-refractivity contribution in [3.05, 3.63) is 71.9 Å². The molecule has 0 saturated heterocycles. The fourth-order valence-electron chi connectivity index (χ4n) is 3.23. The Kier molecular flexibility index (Phi) is 4.70. The fourth-order valence-corrected chi connectivity index (χ4v) is 3.23. The lowest BCUT2D eigenvalue weighted by atomic mass is 9.96. The van der Waals surface area contributed by atoms with E-state index in [0.717, 1.165) is 17.7 Å². The highest BCUT2D eigenvalue weighted by Crippen LogP contribution is 2.26. The van der Waals surface area contributed by atoms with Crippen molar-refractivity contribution in [1.82, 2.24) is 15.3 Å². The molecule has 6 nitrogen and oxygen atoms in total. The summed E-state index contributed by atoms with van der Waals surface area (Å²) < 4.78 is 5.79. The molecule has 0 radical (unpaired) electrons. The van der Waals surface area contributed by atoms with E-state index >= 15 is 0 Å². The van der Waals surface area contributed by atoms with E-state index in [4.69, 9.17) is 10.5 Å². The third kappa shape index (κ3) is 3.74. The third-order valence-electron chi connectivity index (χ3n) is 4.61. The number of nitrogens with two attached hydrogens (primary N) is 1. The van der Waals surface area contributed by atoms with E-state index in [0.29, 0.717) is 24.4 Å². The number of carbonyl (C=O) groups is 1. The Morgan fingerprint density at radius 1 is 1.15 bits per heavy atom. The summed E-state index contributed by atoms with van der Waals surface area (Å²) in [7, 11) is 0. The number of hydrogen-bond donors (Lipinski definition) is 2. The summed E-state index contributed by atoms with van der Waals surface area (Å²) in [4.78, 5) is 21.0. The van der Waals surface area contributed by atoms with E-state index in [-0.39, 0.29) is 17.8 Å². The second kappa shape index (κ2) is 7.45. The second-order valence-electron chi connectivity index (χ2n) is 6.56. The zero-order chi connectivity index (χ0) is 18.6. The minimum atomic E-state index is -0.215. The first-order valence-electron chi connectivity index (χ1n) is 8.87. The van der Waals surface area contributed by atoms with Crippen molar-refractivity contribution in [1.29, 1.82) is 0 Å². The number of aromatic nitrogens is 2. The van der Waals surface area contributed by atoms with E-state index in [1.807, 2.05) is 48.5 Å². The third-order valence-corrected chi connectivity index (χ3v) is 4.61. The second-order valence-corrected chi connectivity index (χ2v) is 6.56. The smallest absolute Gasteiger partial charge is 0.255 e. The molecule has 1 aliphatic heterocycles. The summed E-state index contributed by atoms with van der Waals surface area (Å²) in [6, 6.07) is 17.5. The number of carbonyl (C=O) groups excluding carboxylic acids is 1. The molecule has 0 bridgehead atoms. The van der Waals surface area contributed by atoms with Crippen LogP contribution in [0.25, 0.3) is 11.3 Å². The number of benzene rings is 2. The van der Waals surface area contributed by atoms with Crippen LogP contribution in [-0.4, -0.2) is 29.0 Å². The monoisotopic (exact) mass is 360 g/mol. The lowest BCUT2D eigenvalue weighted by Crippen LogP contribution is -2.35. The van der Waals surface area contributed by atoms with Gasteiger partial charge in [-0.15, -0.1) is 0 Å². The average Bonchev–Trinajstić information content (AvgIpc) is 2.72. The van der Waals surface area contributed by atoms with Crippen LogP contribution in [0.2, 0.25) is 0 Å². The minimum Gasteiger partial charge on any atom is -0.493 e. The molecule has 1 unspecified atom stereocenters. The van der Waals surface area contributed by atoms with E-state index in [9.17, 15) is 4.79 Å². The Labute approximate surface area is 157 Å². The molecule has 1 atom stereocenters. The van der Waals surface area contributed by atoms with Crippen molar-refractivity contribution >= 4 is 11.9 Å². The van der Waals surface area contributed by atoms with Crippen LogP contribution in [0.1, 0.15) is 15.9 Å². The standard InChI is InChI=1S/C21H20N4O2/c22-21-24-12-17(19(25-21)15-6-2-1-3-7-15)20(26)23-11-14-10-16-8-4-5-9-18(16)27-13-14/h1-9,12,14H,10-11,13H2,(H,23,26)(H2,22,24,25). The maximum absolute atomic E-state index is 12.8. The molecule has 1 aromatic heterocycles. The first kappa shape index (κ1) is 17.0. The SMILES string of the molecule is Nc1ncc(C(=O)NCC2COc3ccccc3C2)c(-c2ccccc2)n1. The van der Waals surface area contributed by atoms with Gasteiger partial charge in [0, 0.05) is 24.2 Å². The molecule has 0 spiro atoms. The topological polar surface area (TPSA) is 90.1 Å². The van der Waals surface area contributed by atoms with Crippen molar-refractivity contribution in [2.24, 2.45) is 5.92 Å². The van der Waals surface area contributed by atoms with E-state index in [1.165, 1.54) is 11.8 Å². The zero-order valence-corrected chi connectivity index (χ0v) is 14.8. The highest BCUT2D eigenvalue weighted by Gasteiger charge is 2.21. The normalized spacial score (nSPS) is 15.5. The number of hydrogen-bond acceptors (Lipinski definition) is 5. The number of nitrogens with zero attached hydrogens (tertiary/aromatic N) is 2. The number of rotatable bonds is 4. The summed E-state index contributed by atoms with van der Waals surface area (Å²) in [6.07, 6.45) is 2.35. The van der Waals surface area contributed by atoms with Crippen molar-refractivity contribution in [3.8, 4) is 17.0 Å². The van der Waals surface area contributed by atoms with Gasteiger partial charge in [-0.25, -0.2) is 9.97 Å². The van der Waals surface area contributed by atoms with Crippen LogP contribution in [0.4, 0.5) is 5.95 Å². The van der Waals surface area contributed by atoms with Gasteiger partial charge in [0.05, 0.1) is 17.9 Å². The fraction of sp³-hybridized carbons (Fsp3) is 0.190. The Morgan fingerprint density at radius 2 is 1.93 bits per heavy atom. The Balaban J connectivity index is 1.48. The molecule has 3 aromatic rings. The summed E-state index contributed by atoms with van der Waals surface area (Å²) >= 11 is 0. The lowest BCUT2D eigenvalue weighted by molar-refractivity contribution is 0.0939. The molecule has 0 fully saturated rings. The van der Waals surface area contributed by atoms with Crippen LogP contribution in [0.3, 0.4) is 0 Å². The molecular formula is C21H20N4O2. The maximum Gasteiger partial charge on any atom is 0.255 e. The van der Waals surface area contributed by atoms with Crippen molar-refractivity contribution in [2.75, 3.05) is 18.9 Å². The Bertz CT molecular complexity index is 959. The summed E-state index contributed by atoms with van der Waals surface area (Å²) in [5.74, 6) is 1.08. The molecule has 3 N–H and O–H groups in total. The first-order chi connectivity index (χ1) is 13.2. The van der Waals surface area contributed by atoms with Crippen LogP contribution in [0.5, 0.6) is 5.75 Å². The van der Waals surface area contributed by atoms with Crippen molar-refractivity contribution in [2.45, 2.75) is 6.42 Å². The Hall–Kier alpha value is -3.41. The molecule has 4 rings (SSSR count). The van der Waals surface area contributed by atoms with Gasteiger partial charge in [-0.2, -0.15) is 0 Å². The highest BCUT2D eigenvalue weighted by molar-refractivity contribution is 5.99. The molecule has 136 valence electrons. The molecule has 0 saturated carbocycles. The number of nitrogens with one attached hydrogen (secondary N) is 1. The molecule has 6 heteroatoms. The number of para-hydroxylation sites is 1. The Morgan fingerprint density at radius 3 is 2.78 bits per heavy atom. The largest absolute Gasteiger partial charge is 0.493 e. The highest BCUT2D eigenvalue weighted by atomic mass is 16.5. The molecule has 2 heterocycles. The van der Waals surface area contributed by atoms with Gasteiger partial charge < -0.3 is 15.8 Å². The van der Waals surface area contributed by atoms with Crippen LogP contribution in [0.15, 0.2) is 60.8 Å². The summed E-state index contributed by atoms with van der Waals surface area (Å²) in [5, 5.41) is 2.99. The lowest BCUT2D eigenvalue weighted by Gasteiger charge is -2.25. The molecular weight excluding hydrogens is 340 g/mol. The van der Waals surface area contributed by atoms with Crippen LogP contribution >= 0.6 is 0 Å².